The molecule has 2 radical (unpaired) electrons. The van der Waals surface area contributed by atoms with E-state index >= 15 is 0 Å². The first-order valence-corrected chi connectivity index (χ1v) is 10.8. The molecule has 1 aliphatic carbocycles. The van der Waals surface area contributed by atoms with Crippen LogP contribution in [-0.2, 0) is 11.9 Å². The van der Waals surface area contributed by atoms with Crippen LogP contribution in [0.5, 0.6) is 0 Å². The van der Waals surface area contributed by atoms with Crippen molar-refractivity contribution >= 4 is 30.6 Å². The van der Waals surface area contributed by atoms with Crippen LogP contribution >= 0.6 is 0 Å². The predicted octanol–water partition coefficient (Wildman–Crippen LogP) is 3.31. The lowest BCUT2D eigenvalue weighted by molar-refractivity contribution is 0.0443. The van der Waals surface area contributed by atoms with Gasteiger partial charge in [0.2, 0.25) is 5.71 Å². The minimum atomic E-state index is -0.792. The van der Waals surface area contributed by atoms with Crippen molar-refractivity contribution in [1.29, 1.82) is 0 Å². The number of pyridine rings is 2. The average molecular weight is 410 g/mol. The van der Waals surface area contributed by atoms with Crippen LogP contribution in [0.4, 0.5) is 0 Å². The van der Waals surface area contributed by atoms with Gasteiger partial charge in [0, 0.05) is 28.1 Å². The first-order valence-electron chi connectivity index (χ1n) is 10.8. The third kappa shape index (κ3) is 3.93. The van der Waals surface area contributed by atoms with Crippen molar-refractivity contribution in [1.82, 2.24) is 9.97 Å². The maximum Gasteiger partial charge on any atom is 0.227 e. The molecule has 1 saturated carbocycles. The van der Waals surface area contributed by atoms with E-state index in [1.807, 2.05) is 24.3 Å². The zero-order valence-electron chi connectivity index (χ0n) is 18.4. The van der Waals surface area contributed by atoms with Crippen LogP contribution < -0.4 is 10.6 Å². The van der Waals surface area contributed by atoms with Gasteiger partial charge in [0.15, 0.2) is 0 Å². The van der Waals surface area contributed by atoms with Crippen LogP contribution in [0.15, 0.2) is 34.9 Å². The Bertz CT molecular complexity index is 1290. The average Bonchev–Trinajstić information content (AvgIpc) is 3.32. The van der Waals surface area contributed by atoms with E-state index in [-0.39, 0.29) is 5.41 Å². The van der Waals surface area contributed by atoms with Gasteiger partial charge in [-0.3, -0.25) is 4.98 Å². The third-order valence-electron chi connectivity index (χ3n) is 6.05. The van der Waals surface area contributed by atoms with Crippen molar-refractivity contribution in [3.05, 3.63) is 58.0 Å². The zero-order valence-corrected chi connectivity index (χ0v) is 18.4. The lowest BCUT2D eigenvalue weighted by atomic mass is 9.82. The number of terminal acetylenes is 1. The molecule has 0 unspecified atom stereocenters. The summed E-state index contributed by atoms with van der Waals surface area (Å²) >= 11 is 0. The van der Waals surface area contributed by atoms with Crippen LogP contribution in [0.1, 0.15) is 63.4 Å². The maximum atomic E-state index is 11.1. The van der Waals surface area contributed by atoms with Crippen LogP contribution in [0.2, 0.25) is 0 Å². The summed E-state index contributed by atoms with van der Waals surface area (Å²) in [4.78, 5) is 9.23. The van der Waals surface area contributed by atoms with Gasteiger partial charge >= 0.3 is 0 Å². The summed E-state index contributed by atoms with van der Waals surface area (Å²) in [6, 6.07) is 7.75. The number of furan rings is 1. The van der Waals surface area contributed by atoms with Gasteiger partial charge < -0.3 is 9.52 Å². The Morgan fingerprint density at radius 2 is 2.03 bits per heavy atom. The summed E-state index contributed by atoms with van der Waals surface area (Å²) in [5.74, 6) is 2.64. The Kier molecular flexibility index (Phi) is 5.53. The molecule has 3 heterocycles. The summed E-state index contributed by atoms with van der Waals surface area (Å²) in [6.07, 6.45) is 13.1. The van der Waals surface area contributed by atoms with E-state index in [2.05, 4.69) is 36.7 Å². The van der Waals surface area contributed by atoms with Crippen LogP contribution in [0, 0.1) is 17.8 Å². The quantitative estimate of drug-likeness (QED) is 0.532. The molecular weight excluding hydrogens is 383 g/mol. The van der Waals surface area contributed by atoms with E-state index in [9.17, 15) is 5.11 Å². The Hall–Kier alpha value is -2.84. The fourth-order valence-electron chi connectivity index (χ4n) is 4.51. The molecule has 0 aromatic carbocycles. The second-order valence-corrected chi connectivity index (χ2v) is 9.31. The van der Waals surface area contributed by atoms with Crippen molar-refractivity contribution in [3.8, 4) is 12.3 Å². The number of nitrogens with zero attached hydrogens (tertiary/aromatic N) is 2. The normalized spacial score (nSPS) is 17.7. The molecule has 1 N–H and O–H groups in total. The standard InChI is InChI=1S/C26H27BN2O2/c1-5-8-19-20-10-9-18(16-27)29-24(20)31-23(19)22(25(2,3)4)21-15-17(11-14-28-21)26(30)12-6-7-13-26/h1,8-11,14-15,30H,6-7,12-13,16H2,2-4H3/b19-8-,23-22+. The molecular formula is C26H27BN2O2. The highest BCUT2D eigenvalue weighted by Crippen LogP contribution is 2.40. The van der Waals surface area contributed by atoms with Gasteiger partial charge in [0.1, 0.15) is 5.42 Å². The maximum absolute atomic E-state index is 11.1. The number of hydrogen-bond acceptors (Lipinski definition) is 4. The van der Waals surface area contributed by atoms with E-state index in [1.54, 1.807) is 12.3 Å². The highest BCUT2D eigenvalue weighted by molar-refractivity contribution is 6.08. The zero-order chi connectivity index (χ0) is 22.2. The van der Waals surface area contributed by atoms with E-state index in [0.29, 0.717) is 17.4 Å². The highest BCUT2D eigenvalue weighted by Gasteiger charge is 2.34. The fourth-order valence-corrected chi connectivity index (χ4v) is 4.51. The number of aliphatic hydroxyl groups is 1. The Morgan fingerprint density at radius 1 is 1.29 bits per heavy atom. The van der Waals surface area contributed by atoms with Gasteiger partial charge in [0.25, 0.3) is 0 Å². The molecule has 31 heavy (non-hydrogen) atoms. The van der Waals surface area contributed by atoms with Crippen molar-refractivity contribution in [3.63, 3.8) is 0 Å². The SMILES string of the molecule is [B]Cc1ccc2c(=C/C#C)/c(=C(/c3cc(C4(O)CCCC4)ccn3)C(C)(C)C)oc2n1. The molecule has 0 bridgehead atoms. The summed E-state index contributed by atoms with van der Waals surface area (Å²) < 4.78 is 6.29. The van der Waals surface area contributed by atoms with Gasteiger partial charge in [-0.25, -0.2) is 4.98 Å². The molecule has 0 amide bonds. The largest absolute Gasteiger partial charge is 0.437 e. The number of hydrogen-bond donors (Lipinski definition) is 1. The van der Waals surface area contributed by atoms with Crippen LogP contribution in [0.25, 0.3) is 22.7 Å². The predicted molar refractivity (Wildman–Crippen MR) is 125 cm³/mol. The molecule has 1 aliphatic rings. The summed E-state index contributed by atoms with van der Waals surface area (Å²) in [5, 5.41) is 12.8. The molecule has 0 saturated heterocycles. The summed E-state index contributed by atoms with van der Waals surface area (Å²) in [7, 11) is 5.77. The van der Waals surface area contributed by atoms with Crippen molar-refractivity contribution in [2.45, 2.75) is 58.4 Å². The van der Waals surface area contributed by atoms with Gasteiger partial charge in [-0.1, -0.05) is 39.5 Å². The minimum absolute atomic E-state index is 0.300. The van der Waals surface area contributed by atoms with Gasteiger partial charge in [-0.05, 0) is 60.5 Å². The van der Waals surface area contributed by atoms with Crippen molar-refractivity contribution in [2.75, 3.05) is 0 Å². The fraction of sp³-hybridized carbons (Fsp3) is 0.385. The van der Waals surface area contributed by atoms with E-state index in [0.717, 1.165) is 58.8 Å². The van der Waals surface area contributed by atoms with Crippen molar-refractivity contribution < 1.29 is 9.52 Å². The van der Waals surface area contributed by atoms with Gasteiger partial charge in [-0.2, -0.15) is 0 Å². The van der Waals surface area contributed by atoms with E-state index in [4.69, 9.17) is 18.7 Å². The Balaban J connectivity index is 2.07. The third-order valence-corrected chi connectivity index (χ3v) is 6.05. The number of rotatable bonds is 3. The highest BCUT2D eigenvalue weighted by atomic mass is 16.3. The molecule has 3 aromatic heterocycles. The second kappa shape index (κ2) is 8.02. The lowest BCUT2D eigenvalue weighted by Crippen LogP contribution is -2.30. The molecule has 4 nitrogen and oxygen atoms in total. The number of fused-ring (bicyclic) bond motifs is 1. The monoisotopic (exact) mass is 410 g/mol. The minimum Gasteiger partial charge on any atom is -0.437 e. The molecule has 5 heteroatoms. The summed E-state index contributed by atoms with van der Waals surface area (Å²) in [6.45, 7) is 6.35. The molecule has 4 rings (SSSR count). The lowest BCUT2D eigenvalue weighted by Gasteiger charge is -2.26. The number of aromatic nitrogens is 2. The first-order chi connectivity index (χ1) is 14.8. The molecule has 1 fully saturated rings. The van der Waals surface area contributed by atoms with Crippen molar-refractivity contribution in [2.24, 2.45) is 5.41 Å². The smallest absolute Gasteiger partial charge is 0.227 e. The molecule has 0 aliphatic heterocycles. The molecule has 156 valence electrons. The van der Waals surface area contributed by atoms with Crippen LogP contribution in [0.3, 0.4) is 0 Å². The molecule has 0 atom stereocenters. The summed E-state index contributed by atoms with van der Waals surface area (Å²) in [5.41, 5.74) is 3.42. The topological polar surface area (TPSA) is 59.2 Å². The second-order valence-electron chi connectivity index (χ2n) is 9.31. The van der Waals surface area contributed by atoms with Crippen LogP contribution in [-0.4, -0.2) is 22.9 Å². The first kappa shape index (κ1) is 21.4. The van der Waals surface area contributed by atoms with Gasteiger partial charge in [-0.15, -0.1) is 6.42 Å². The molecule has 0 spiro atoms. The molecule has 3 aromatic rings. The van der Waals surface area contributed by atoms with E-state index < -0.39 is 5.60 Å². The Morgan fingerprint density at radius 3 is 2.68 bits per heavy atom. The Labute approximate surface area is 184 Å². The van der Waals surface area contributed by atoms with Gasteiger partial charge in [0.05, 0.1) is 19.1 Å². The van der Waals surface area contributed by atoms with E-state index in [1.165, 1.54) is 0 Å².